The van der Waals surface area contributed by atoms with E-state index in [9.17, 15) is 9.59 Å². The van der Waals surface area contributed by atoms with Crippen LogP contribution in [0.15, 0.2) is 78.9 Å². The fourth-order valence-corrected chi connectivity index (χ4v) is 5.02. The number of hydrogen-bond donors (Lipinski definition) is 1. The first kappa shape index (κ1) is 28.8. The van der Waals surface area contributed by atoms with E-state index in [-0.39, 0.29) is 46.6 Å². The van der Waals surface area contributed by atoms with E-state index in [1.54, 1.807) is 0 Å². The van der Waals surface area contributed by atoms with Crippen molar-refractivity contribution in [3.8, 4) is 21.6 Å². The minimum absolute atomic E-state index is 0. The molecule has 0 bridgehead atoms. The molecule has 1 aliphatic rings. The molecule has 184 valence electrons. The van der Waals surface area contributed by atoms with E-state index in [1.807, 2.05) is 68.4 Å². The summed E-state index contributed by atoms with van der Waals surface area (Å²) in [5.74, 6) is 0. The van der Waals surface area contributed by atoms with Crippen LogP contribution in [0.3, 0.4) is 0 Å². The Labute approximate surface area is 242 Å². The Balaban J connectivity index is 0.00000190. The van der Waals surface area contributed by atoms with Crippen molar-refractivity contribution >= 4 is 29.6 Å². The monoisotopic (exact) mass is 521 g/mol. The van der Waals surface area contributed by atoms with Crippen LogP contribution in [-0.2, 0) is 14.9 Å². The second-order valence-electron chi connectivity index (χ2n) is 8.89. The van der Waals surface area contributed by atoms with Crippen LogP contribution in [0.4, 0.5) is 10.5 Å². The van der Waals surface area contributed by atoms with E-state index >= 15 is 0 Å². The number of anilines is 1. The quantitative estimate of drug-likeness (QED) is 0.292. The predicted octanol–water partition coefficient (Wildman–Crippen LogP) is 4.06. The van der Waals surface area contributed by atoms with Gasteiger partial charge in [-0.05, 0) is 47.6 Å². The van der Waals surface area contributed by atoms with Crippen molar-refractivity contribution < 1.29 is 49.4 Å². The van der Waals surface area contributed by atoms with Gasteiger partial charge in [0.15, 0.2) is 0 Å². The SMILES string of the molecule is Cc1nsc(-c2ccc(-c3ccc(C4([C-]=O)CC4)cc3)cc2)c1NC(=O)O[C@H](C)c1ccccc1.[Na+].[OH-]. The molecule has 37 heavy (non-hydrogen) atoms. The molecular weight excluding hydrogens is 495 g/mol. The van der Waals surface area contributed by atoms with Gasteiger partial charge in [0.2, 0.25) is 0 Å². The van der Waals surface area contributed by atoms with Crippen LogP contribution >= 0.6 is 11.5 Å². The fraction of sp³-hybridized carbons (Fsp3) is 0.207. The van der Waals surface area contributed by atoms with Crippen molar-refractivity contribution in [1.82, 2.24) is 4.37 Å². The second kappa shape index (κ2) is 12.2. The van der Waals surface area contributed by atoms with Crippen LogP contribution in [0.1, 0.15) is 42.7 Å². The average Bonchev–Trinajstić information content (AvgIpc) is 3.62. The molecule has 1 saturated carbocycles. The van der Waals surface area contributed by atoms with Crippen LogP contribution in [-0.4, -0.2) is 22.2 Å². The van der Waals surface area contributed by atoms with Crippen LogP contribution in [0.25, 0.3) is 21.6 Å². The molecular formula is C29H26N2NaO4S-. The molecule has 1 aromatic heterocycles. The van der Waals surface area contributed by atoms with Gasteiger partial charge in [-0.2, -0.15) is 4.37 Å². The van der Waals surface area contributed by atoms with E-state index in [4.69, 9.17) is 4.74 Å². The second-order valence-corrected chi connectivity index (χ2v) is 9.67. The summed E-state index contributed by atoms with van der Waals surface area (Å²) >= 11 is 1.35. The standard InChI is InChI=1S/C29H25N2O3S.Na.H2O/c1-19-26(30-28(33)34-20(2)21-6-4-3-5-7-21)27(35-31-19)24-10-8-22(9-11-24)23-12-14-25(15-13-23)29(18-32)16-17-29;;/h3-15,20H,16-17H2,1-2H3,(H,30,33);;1H2/q-1;+1;/p-1/t20-;;/m1../s1. The molecule has 1 fully saturated rings. The zero-order chi connectivity index (χ0) is 24.4. The first-order valence-corrected chi connectivity index (χ1v) is 12.4. The third-order valence-electron chi connectivity index (χ3n) is 6.51. The van der Waals surface area contributed by atoms with Crippen molar-refractivity contribution in [3.63, 3.8) is 0 Å². The number of aryl methyl sites for hydroxylation is 1. The number of aromatic nitrogens is 1. The summed E-state index contributed by atoms with van der Waals surface area (Å²) in [5, 5.41) is 2.89. The Morgan fingerprint density at radius 2 is 1.54 bits per heavy atom. The summed E-state index contributed by atoms with van der Waals surface area (Å²) in [7, 11) is 0. The van der Waals surface area contributed by atoms with Gasteiger partial charge in [0.1, 0.15) is 6.10 Å². The maximum absolute atomic E-state index is 12.6. The Bertz CT molecular complexity index is 1350. The summed E-state index contributed by atoms with van der Waals surface area (Å²) in [4.78, 5) is 24.8. The zero-order valence-corrected chi connectivity index (χ0v) is 23.8. The van der Waals surface area contributed by atoms with Gasteiger partial charge in [0.25, 0.3) is 0 Å². The first-order chi connectivity index (χ1) is 17.0. The normalized spacial score (nSPS) is 13.9. The topological polar surface area (TPSA) is 98.3 Å². The third-order valence-corrected chi connectivity index (χ3v) is 7.49. The number of ether oxygens (including phenoxy) is 1. The molecule has 0 saturated heterocycles. The Morgan fingerprint density at radius 3 is 2.11 bits per heavy atom. The van der Waals surface area contributed by atoms with Gasteiger partial charge in [0.05, 0.1) is 16.3 Å². The summed E-state index contributed by atoms with van der Waals surface area (Å²) in [5.41, 5.74) is 6.13. The largest absolute Gasteiger partial charge is 1.00 e. The number of carbonyl (C=O) groups excluding carboxylic acids is 2. The van der Waals surface area contributed by atoms with Crippen LogP contribution in [0, 0.1) is 6.92 Å². The maximum atomic E-state index is 12.6. The Morgan fingerprint density at radius 1 is 0.973 bits per heavy atom. The van der Waals surface area contributed by atoms with Gasteiger partial charge < -0.3 is 15.0 Å². The molecule has 5 rings (SSSR count). The summed E-state index contributed by atoms with van der Waals surface area (Å²) in [6.07, 6.45) is 3.09. The minimum Gasteiger partial charge on any atom is -0.870 e. The van der Waals surface area contributed by atoms with E-state index in [2.05, 4.69) is 40.2 Å². The molecule has 2 N–H and O–H groups in total. The zero-order valence-electron chi connectivity index (χ0n) is 21.0. The van der Waals surface area contributed by atoms with E-state index in [0.29, 0.717) is 5.69 Å². The van der Waals surface area contributed by atoms with E-state index < -0.39 is 6.09 Å². The van der Waals surface area contributed by atoms with Crippen molar-refractivity contribution in [2.75, 3.05) is 5.32 Å². The number of carbonyl (C=O) groups is 1. The smallest absolute Gasteiger partial charge is 0.870 e. The van der Waals surface area contributed by atoms with Gasteiger partial charge >= 0.3 is 35.7 Å². The van der Waals surface area contributed by atoms with Crippen molar-refractivity contribution in [2.24, 2.45) is 0 Å². The predicted molar refractivity (Wildman–Crippen MR) is 141 cm³/mol. The molecule has 0 unspecified atom stereocenters. The van der Waals surface area contributed by atoms with Crippen LogP contribution in [0.2, 0.25) is 0 Å². The molecule has 4 aromatic rings. The average molecular weight is 522 g/mol. The maximum Gasteiger partial charge on any atom is 1.00 e. The molecule has 3 aromatic carbocycles. The van der Waals surface area contributed by atoms with Crippen molar-refractivity contribution in [1.29, 1.82) is 0 Å². The molecule has 8 heteroatoms. The molecule has 1 amide bonds. The van der Waals surface area contributed by atoms with Crippen molar-refractivity contribution in [2.45, 2.75) is 38.2 Å². The first-order valence-electron chi connectivity index (χ1n) is 11.6. The number of nitrogens with zero attached hydrogens (tertiary/aromatic N) is 1. The van der Waals surface area contributed by atoms with Crippen LogP contribution < -0.4 is 34.9 Å². The third kappa shape index (κ3) is 6.20. The van der Waals surface area contributed by atoms with Crippen LogP contribution in [0.5, 0.6) is 0 Å². The molecule has 1 aliphatic carbocycles. The number of benzene rings is 3. The van der Waals surface area contributed by atoms with E-state index in [0.717, 1.165) is 51.2 Å². The number of nitrogens with one attached hydrogen (secondary N) is 1. The molecule has 1 atom stereocenters. The number of hydrogen-bond acceptors (Lipinski definition) is 6. The molecule has 6 nitrogen and oxygen atoms in total. The molecule has 1 heterocycles. The fourth-order valence-electron chi connectivity index (χ4n) is 4.17. The summed E-state index contributed by atoms with van der Waals surface area (Å²) in [6.45, 7) is 3.72. The number of amides is 1. The summed E-state index contributed by atoms with van der Waals surface area (Å²) < 4.78 is 10.0. The van der Waals surface area contributed by atoms with Gasteiger partial charge in [0, 0.05) is 0 Å². The Hall–Kier alpha value is -2.81. The van der Waals surface area contributed by atoms with E-state index in [1.165, 1.54) is 11.5 Å². The molecule has 0 radical (unpaired) electrons. The van der Waals surface area contributed by atoms with Crippen molar-refractivity contribution in [3.05, 3.63) is 95.7 Å². The Kier molecular flexibility index (Phi) is 9.45. The minimum atomic E-state index is -0.511. The molecule has 0 spiro atoms. The van der Waals surface area contributed by atoms with Gasteiger partial charge in [-0.1, -0.05) is 97.3 Å². The molecule has 0 aliphatic heterocycles. The van der Waals surface area contributed by atoms with Gasteiger partial charge in [-0.15, -0.1) is 5.41 Å². The summed E-state index contributed by atoms with van der Waals surface area (Å²) in [6, 6.07) is 25.9. The van der Waals surface area contributed by atoms with Gasteiger partial charge in [-0.25, -0.2) is 4.79 Å². The van der Waals surface area contributed by atoms with Gasteiger partial charge in [-0.3, -0.25) is 11.6 Å². The number of rotatable bonds is 7.